The third-order valence-corrected chi connectivity index (χ3v) is 9.38. The average Bonchev–Trinajstić information content (AvgIpc) is 3.62. The summed E-state index contributed by atoms with van der Waals surface area (Å²) in [6.45, 7) is 9.12. The van der Waals surface area contributed by atoms with E-state index in [0.717, 1.165) is 31.2 Å². The SMILES string of the molecule is C=CCN(Cc1ccccc1)C(=O)[C@@H]1[C@@H]2CCC3(O2)C(C(=O)N(CC=C)C2CCCCC2)N(CCCO)C(=O)[C@H]13. The van der Waals surface area contributed by atoms with E-state index >= 15 is 0 Å². The van der Waals surface area contributed by atoms with E-state index in [4.69, 9.17) is 4.74 Å². The predicted molar refractivity (Wildman–Crippen MR) is 152 cm³/mol. The number of rotatable bonds is 12. The van der Waals surface area contributed by atoms with Crippen LogP contribution in [0.5, 0.6) is 0 Å². The topological polar surface area (TPSA) is 90.4 Å². The molecule has 3 saturated heterocycles. The number of ether oxygens (including phenoxy) is 1. The smallest absolute Gasteiger partial charge is 0.248 e. The Morgan fingerprint density at radius 1 is 1.05 bits per heavy atom. The zero-order valence-electron chi connectivity index (χ0n) is 23.5. The minimum atomic E-state index is -1.03. The maximum Gasteiger partial charge on any atom is 0.248 e. The van der Waals surface area contributed by atoms with Crippen LogP contribution in [0.2, 0.25) is 0 Å². The van der Waals surface area contributed by atoms with Gasteiger partial charge in [-0.2, -0.15) is 0 Å². The van der Waals surface area contributed by atoms with E-state index in [-0.39, 0.29) is 36.9 Å². The maximum atomic E-state index is 14.5. The quantitative estimate of drug-likeness (QED) is 0.404. The van der Waals surface area contributed by atoms with Crippen LogP contribution >= 0.6 is 0 Å². The van der Waals surface area contributed by atoms with Crippen LogP contribution in [0.25, 0.3) is 0 Å². The van der Waals surface area contributed by atoms with Crippen molar-refractivity contribution in [3.63, 3.8) is 0 Å². The molecule has 1 aromatic rings. The van der Waals surface area contributed by atoms with Gasteiger partial charge in [-0.25, -0.2) is 0 Å². The summed E-state index contributed by atoms with van der Waals surface area (Å²) >= 11 is 0. The van der Waals surface area contributed by atoms with Crippen molar-refractivity contribution in [3.05, 3.63) is 61.2 Å². The van der Waals surface area contributed by atoms with Crippen molar-refractivity contribution < 1.29 is 24.2 Å². The molecule has 1 aromatic carbocycles. The Morgan fingerprint density at radius 3 is 2.45 bits per heavy atom. The highest BCUT2D eigenvalue weighted by molar-refractivity contribution is 5.99. The van der Waals surface area contributed by atoms with Gasteiger partial charge in [0.15, 0.2) is 0 Å². The number of nitrogens with zero attached hydrogens (tertiary/aromatic N) is 3. The van der Waals surface area contributed by atoms with E-state index in [2.05, 4.69) is 13.2 Å². The zero-order valence-corrected chi connectivity index (χ0v) is 23.5. The van der Waals surface area contributed by atoms with Crippen molar-refractivity contribution in [2.45, 2.75) is 81.7 Å². The fourth-order valence-electron chi connectivity index (χ4n) is 7.71. The largest absolute Gasteiger partial charge is 0.396 e. The Morgan fingerprint density at radius 2 is 1.77 bits per heavy atom. The van der Waals surface area contributed by atoms with Gasteiger partial charge in [0.05, 0.1) is 17.9 Å². The zero-order chi connectivity index (χ0) is 28.3. The number of aliphatic hydroxyl groups is 1. The average molecular weight is 550 g/mol. The van der Waals surface area contributed by atoms with Crippen LogP contribution in [0.1, 0.15) is 56.9 Å². The van der Waals surface area contributed by atoms with Gasteiger partial charge >= 0.3 is 0 Å². The highest BCUT2D eigenvalue weighted by atomic mass is 16.5. The Balaban J connectivity index is 1.48. The summed E-state index contributed by atoms with van der Waals surface area (Å²) in [6.07, 6.45) is 9.82. The number of amides is 3. The molecule has 1 aliphatic carbocycles. The molecule has 216 valence electrons. The first-order valence-electron chi connectivity index (χ1n) is 14.9. The van der Waals surface area contributed by atoms with E-state index in [0.29, 0.717) is 38.9 Å². The number of fused-ring (bicyclic) bond motifs is 1. The number of hydrogen-bond donors (Lipinski definition) is 1. The number of aliphatic hydroxyl groups excluding tert-OH is 1. The third-order valence-electron chi connectivity index (χ3n) is 9.38. The minimum absolute atomic E-state index is 0.0859. The highest BCUT2D eigenvalue weighted by Gasteiger charge is 2.74. The van der Waals surface area contributed by atoms with Crippen LogP contribution in [0.15, 0.2) is 55.6 Å². The van der Waals surface area contributed by atoms with Crippen molar-refractivity contribution in [3.8, 4) is 0 Å². The molecule has 8 nitrogen and oxygen atoms in total. The summed E-state index contributed by atoms with van der Waals surface area (Å²) in [4.78, 5) is 48.1. The van der Waals surface area contributed by atoms with Crippen molar-refractivity contribution in [2.24, 2.45) is 11.8 Å². The first kappa shape index (κ1) is 28.6. The van der Waals surface area contributed by atoms with Crippen molar-refractivity contribution in [1.82, 2.24) is 14.7 Å². The standard InChI is InChI=1S/C32H43N3O5/c1-3-18-33(22-23-12-7-5-8-13-23)29(37)26-25-16-17-32(40-25)27(26)30(38)35(20-11-21-36)28(32)31(39)34(19-4-2)24-14-9-6-10-15-24/h3-5,7-8,12-13,24-28,36H,1-2,6,9-11,14-22H2/t25-,26+,27-,28?,32?/m0/s1. The first-order valence-corrected chi connectivity index (χ1v) is 14.9. The summed E-state index contributed by atoms with van der Waals surface area (Å²) in [6, 6.07) is 9.09. The van der Waals surface area contributed by atoms with Gasteiger partial charge in [0.25, 0.3) is 0 Å². The molecule has 1 spiro atoms. The predicted octanol–water partition coefficient (Wildman–Crippen LogP) is 3.31. The van der Waals surface area contributed by atoms with Gasteiger partial charge in [-0.05, 0) is 37.7 Å². The van der Waals surface area contributed by atoms with Crippen molar-refractivity contribution in [2.75, 3.05) is 26.2 Å². The molecule has 3 heterocycles. The van der Waals surface area contributed by atoms with Gasteiger partial charge < -0.3 is 24.5 Å². The van der Waals surface area contributed by atoms with Gasteiger partial charge in [-0.1, -0.05) is 61.7 Å². The Labute approximate surface area is 237 Å². The molecule has 4 aliphatic rings. The van der Waals surface area contributed by atoms with Crippen molar-refractivity contribution >= 4 is 17.7 Å². The summed E-state index contributed by atoms with van der Waals surface area (Å²) in [5, 5.41) is 9.63. The number of carbonyl (C=O) groups is 3. The fraction of sp³-hybridized carbons (Fsp3) is 0.594. The molecule has 1 N–H and O–H groups in total. The minimum Gasteiger partial charge on any atom is -0.396 e. The number of likely N-dealkylation sites (tertiary alicyclic amines) is 1. The third kappa shape index (κ3) is 5.00. The van der Waals surface area contributed by atoms with E-state index in [1.54, 1.807) is 22.0 Å². The van der Waals surface area contributed by atoms with E-state index in [9.17, 15) is 19.5 Å². The summed E-state index contributed by atoms with van der Waals surface area (Å²) in [5.41, 5.74) is -0.0330. The summed E-state index contributed by atoms with van der Waals surface area (Å²) in [5.74, 6) is -1.80. The van der Waals surface area contributed by atoms with Crippen LogP contribution in [0.3, 0.4) is 0 Å². The van der Waals surface area contributed by atoms with Crippen LogP contribution in [0.4, 0.5) is 0 Å². The van der Waals surface area contributed by atoms with Gasteiger partial charge in [0.2, 0.25) is 17.7 Å². The number of benzene rings is 1. The fourth-order valence-corrected chi connectivity index (χ4v) is 7.71. The van der Waals surface area contributed by atoms with E-state index in [1.807, 2.05) is 35.2 Å². The molecule has 0 aromatic heterocycles. The second-order valence-electron chi connectivity index (χ2n) is 11.7. The van der Waals surface area contributed by atoms with Gasteiger partial charge in [0, 0.05) is 38.8 Å². The van der Waals surface area contributed by atoms with Crippen LogP contribution in [0, 0.1) is 11.8 Å². The van der Waals surface area contributed by atoms with Crippen LogP contribution in [-0.2, 0) is 25.7 Å². The highest BCUT2D eigenvalue weighted by Crippen LogP contribution is 2.59. The Bertz CT molecular complexity index is 1100. The molecular formula is C32H43N3O5. The second-order valence-corrected chi connectivity index (χ2v) is 11.7. The lowest BCUT2D eigenvalue weighted by Crippen LogP contribution is -2.58. The van der Waals surface area contributed by atoms with Gasteiger partial charge in [-0.3, -0.25) is 14.4 Å². The molecular weight excluding hydrogens is 506 g/mol. The molecule has 2 bridgehead atoms. The monoisotopic (exact) mass is 549 g/mol. The number of carbonyl (C=O) groups excluding carboxylic acids is 3. The van der Waals surface area contributed by atoms with Crippen molar-refractivity contribution in [1.29, 1.82) is 0 Å². The van der Waals surface area contributed by atoms with Crippen LogP contribution in [-0.4, -0.2) is 87.6 Å². The number of hydrogen-bond acceptors (Lipinski definition) is 5. The summed E-state index contributed by atoms with van der Waals surface area (Å²) in [7, 11) is 0. The molecule has 40 heavy (non-hydrogen) atoms. The normalized spacial score (nSPS) is 29.3. The lowest BCUT2D eigenvalue weighted by Gasteiger charge is -2.40. The second kappa shape index (κ2) is 12.3. The molecule has 8 heteroatoms. The molecule has 1 saturated carbocycles. The molecule has 5 rings (SSSR count). The summed E-state index contributed by atoms with van der Waals surface area (Å²) < 4.78 is 6.65. The first-order chi connectivity index (χ1) is 19.5. The lowest BCUT2D eigenvalue weighted by atomic mass is 9.70. The van der Waals surface area contributed by atoms with Gasteiger partial charge in [0.1, 0.15) is 11.6 Å². The molecule has 5 atom stereocenters. The lowest BCUT2D eigenvalue weighted by molar-refractivity contribution is -0.150. The molecule has 2 unspecified atom stereocenters. The van der Waals surface area contributed by atoms with Crippen LogP contribution < -0.4 is 0 Å². The maximum absolute atomic E-state index is 14.5. The molecule has 4 fully saturated rings. The van der Waals surface area contributed by atoms with Gasteiger partial charge in [-0.15, -0.1) is 13.2 Å². The molecule has 3 aliphatic heterocycles. The molecule has 0 radical (unpaired) electrons. The van der Waals surface area contributed by atoms with E-state index < -0.39 is 29.6 Å². The Hall–Kier alpha value is -2.97. The Kier molecular flexibility index (Phi) is 8.76. The molecule has 3 amide bonds. The van der Waals surface area contributed by atoms with E-state index in [1.165, 1.54) is 6.42 Å².